The summed E-state index contributed by atoms with van der Waals surface area (Å²) >= 11 is 5.84. The van der Waals surface area contributed by atoms with E-state index in [9.17, 15) is 4.79 Å². The molecule has 1 fully saturated rings. The van der Waals surface area contributed by atoms with Crippen LogP contribution in [0.1, 0.15) is 18.4 Å². The highest BCUT2D eigenvalue weighted by atomic mass is 35.5. The SMILES string of the molecule is Cc1cc(Nc2ccc(Cl)cn2)ccc1N1CCC(=O)CC1. The van der Waals surface area contributed by atoms with Crippen LogP contribution >= 0.6 is 11.6 Å². The van der Waals surface area contributed by atoms with Crippen LogP contribution in [-0.2, 0) is 4.79 Å². The minimum atomic E-state index is 0.362. The number of carbonyl (C=O) groups is 1. The summed E-state index contributed by atoms with van der Waals surface area (Å²) in [4.78, 5) is 17.9. The third kappa shape index (κ3) is 3.39. The molecule has 114 valence electrons. The first kappa shape index (κ1) is 14.9. The second-order valence-corrected chi connectivity index (χ2v) is 5.95. The van der Waals surface area contributed by atoms with Gasteiger partial charge >= 0.3 is 0 Å². The highest BCUT2D eigenvalue weighted by Crippen LogP contribution is 2.27. The summed E-state index contributed by atoms with van der Waals surface area (Å²) in [5, 5.41) is 3.89. The molecule has 0 bridgehead atoms. The van der Waals surface area contributed by atoms with E-state index < -0.39 is 0 Å². The molecule has 1 saturated heterocycles. The molecule has 1 aliphatic rings. The number of aryl methyl sites for hydroxylation is 1. The lowest BCUT2D eigenvalue weighted by Gasteiger charge is -2.29. The molecule has 0 unspecified atom stereocenters. The van der Waals surface area contributed by atoms with Crippen LogP contribution in [0.5, 0.6) is 0 Å². The van der Waals surface area contributed by atoms with E-state index in [2.05, 4.69) is 34.3 Å². The van der Waals surface area contributed by atoms with Crippen LogP contribution < -0.4 is 10.2 Å². The maximum atomic E-state index is 11.4. The Morgan fingerprint density at radius 2 is 1.95 bits per heavy atom. The first-order valence-electron chi connectivity index (χ1n) is 7.38. The van der Waals surface area contributed by atoms with Gasteiger partial charge in [0, 0.05) is 43.5 Å². The fourth-order valence-electron chi connectivity index (χ4n) is 2.68. The van der Waals surface area contributed by atoms with Gasteiger partial charge in [0.15, 0.2) is 0 Å². The Balaban J connectivity index is 1.74. The number of nitrogens with zero attached hydrogens (tertiary/aromatic N) is 2. The van der Waals surface area contributed by atoms with Gasteiger partial charge in [-0.05, 0) is 42.8 Å². The van der Waals surface area contributed by atoms with E-state index in [1.807, 2.05) is 18.2 Å². The lowest BCUT2D eigenvalue weighted by Crippen LogP contribution is -2.34. The van der Waals surface area contributed by atoms with Crippen LogP contribution in [0.2, 0.25) is 5.02 Å². The third-order valence-corrected chi connectivity index (χ3v) is 4.08. The monoisotopic (exact) mass is 315 g/mol. The molecule has 2 aromatic rings. The Bertz CT molecular complexity index is 675. The molecule has 1 aromatic heterocycles. The van der Waals surface area contributed by atoms with Gasteiger partial charge in [-0.25, -0.2) is 4.98 Å². The average molecular weight is 316 g/mol. The van der Waals surface area contributed by atoms with E-state index >= 15 is 0 Å². The van der Waals surface area contributed by atoms with E-state index in [1.54, 1.807) is 6.20 Å². The molecule has 0 spiro atoms. The van der Waals surface area contributed by atoms with E-state index in [-0.39, 0.29) is 0 Å². The largest absolute Gasteiger partial charge is 0.370 e. The standard InChI is InChI=1S/C17H18ClN3O/c1-12-10-14(20-17-5-2-13(18)11-19-17)3-4-16(12)21-8-6-15(22)7-9-21/h2-5,10-11H,6-9H2,1H3,(H,19,20). The summed E-state index contributed by atoms with van der Waals surface area (Å²) in [6.07, 6.45) is 2.91. The van der Waals surface area contributed by atoms with Gasteiger partial charge < -0.3 is 10.2 Å². The number of pyridine rings is 1. The topological polar surface area (TPSA) is 45.2 Å². The molecule has 0 aliphatic carbocycles. The molecule has 0 atom stereocenters. The Kier molecular flexibility index (Phi) is 4.29. The molecule has 0 radical (unpaired) electrons. The van der Waals surface area contributed by atoms with Crippen molar-refractivity contribution in [2.24, 2.45) is 0 Å². The summed E-state index contributed by atoms with van der Waals surface area (Å²) in [6, 6.07) is 9.89. The lowest BCUT2D eigenvalue weighted by molar-refractivity contribution is -0.119. The number of Topliss-reactive ketones (excluding diaryl/α,β-unsaturated/α-hetero) is 1. The molecular weight excluding hydrogens is 298 g/mol. The summed E-state index contributed by atoms with van der Waals surface area (Å²) in [5.41, 5.74) is 3.37. The van der Waals surface area contributed by atoms with Gasteiger partial charge in [-0.1, -0.05) is 11.6 Å². The number of carbonyl (C=O) groups excluding carboxylic acids is 1. The third-order valence-electron chi connectivity index (χ3n) is 3.86. The maximum absolute atomic E-state index is 11.4. The number of rotatable bonds is 3. The molecule has 0 saturated carbocycles. The van der Waals surface area contributed by atoms with E-state index in [0.29, 0.717) is 23.6 Å². The smallest absolute Gasteiger partial charge is 0.136 e. The van der Waals surface area contributed by atoms with Crippen molar-refractivity contribution in [3.63, 3.8) is 0 Å². The Morgan fingerprint density at radius 3 is 2.59 bits per heavy atom. The zero-order chi connectivity index (χ0) is 15.5. The van der Waals surface area contributed by atoms with Crippen molar-refractivity contribution in [1.82, 2.24) is 4.98 Å². The Labute approximate surface area is 135 Å². The number of anilines is 3. The van der Waals surface area contributed by atoms with Gasteiger partial charge in [0.05, 0.1) is 5.02 Å². The van der Waals surface area contributed by atoms with Crippen LogP contribution in [0.25, 0.3) is 0 Å². The second-order valence-electron chi connectivity index (χ2n) is 5.51. The van der Waals surface area contributed by atoms with Crippen LogP contribution in [0.4, 0.5) is 17.2 Å². The van der Waals surface area contributed by atoms with Gasteiger partial charge in [0.2, 0.25) is 0 Å². The summed E-state index contributed by atoms with van der Waals surface area (Å²) < 4.78 is 0. The number of hydrogen-bond donors (Lipinski definition) is 1. The number of hydrogen-bond acceptors (Lipinski definition) is 4. The summed E-state index contributed by atoms with van der Waals surface area (Å²) in [7, 11) is 0. The highest BCUT2D eigenvalue weighted by molar-refractivity contribution is 6.30. The predicted octanol–water partition coefficient (Wildman–Crippen LogP) is 3.96. The van der Waals surface area contributed by atoms with E-state index in [0.717, 1.165) is 24.6 Å². The molecule has 1 aliphatic heterocycles. The van der Waals surface area contributed by atoms with Crippen molar-refractivity contribution in [2.75, 3.05) is 23.3 Å². The lowest BCUT2D eigenvalue weighted by atomic mass is 10.1. The second kappa shape index (κ2) is 6.36. The first-order chi connectivity index (χ1) is 10.6. The maximum Gasteiger partial charge on any atom is 0.136 e. The van der Waals surface area contributed by atoms with Crippen molar-refractivity contribution in [3.8, 4) is 0 Å². The van der Waals surface area contributed by atoms with Crippen molar-refractivity contribution in [3.05, 3.63) is 47.1 Å². The molecule has 1 aromatic carbocycles. The average Bonchev–Trinajstić information content (AvgIpc) is 2.51. The summed E-state index contributed by atoms with van der Waals surface area (Å²) in [6.45, 7) is 3.71. The van der Waals surface area contributed by atoms with Gasteiger partial charge in [-0.2, -0.15) is 0 Å². The molecule has 2 heterocycles. The van der Waals surface area contributed by atoms with Gasteiger partial charge in [-0.15, -0.1) is 0 Å². The number of halogens is 1. The molecule has 0 amide bonds. The van der Waals surface area contributed by atoms with E-state index in [1.165, 1.54) is 11.3 Å². The molecule has 4 nitrogen and oxygen atoms in total. The first-order valence-corrected chi connectivity index (χ1v) is 7.75. The Hall–Kier alpha value is -2.07. The quantitative estimate of drug-likeness (QED) is 0.931. The molecule has 22 heavy (non-hydrogen) atoms. The number of nitrogens with one attached hydrogen (secondary N) is 1. The van der Waals surface area contributed by atoms with E-state index in [4.69, 9.17) is 11.6 Å². The number of benzene rings is 1. The number of ketones is 1. The van der Waals surface area contributed by atoms with Crippen molar-refractivity contribution >= 4 is 34.6 Å². The highest BCUT2D eigenvalue weighted by Gasteiger charge is 2.17. The normalized spacial score (nSPS) is 15.0. The zero-order valence-electron chi connectivity index (χ0n) is 12.5. The van der Waals surface area contributed by atoms with Crippen LogP contribution in [0.15, 0.2) is 36.5 Å². The van der Waals surface area contributed by atoms with Crippen LogP contribution in [0, 0.1) is 6.92 Å². The van der Waals surface area contributed by atoms with Crippen molar-refractivity contribution in [1.29, 1.82) is 0 Å². The number of piperidine rings is 1. The van der Waals surface area contributed by atoms with Crippen molar-refractivity contribution in [2.45, 2.75) is 19.8 Å². The van der Waals surface area contributed by atoms with Gasteiger partial charge in [-0.3, -0.25) is 4.79 Å². The Morgan fingerprint density at radius 1 is 1.18 bits per heavy atom. The van der Waals surface area contributed by atoms with Crippen molar-refractivity contribution < 1.29 is 4.79 Å². The fraction of sp³-hybridized carbons (Fsp3) is 0.294. The predicted molar refractivity (Wildman–Crippen MR) is 90.2 cm³/mol. The zero-order valence-corrected chi connectivity index (χ0v) is 13.2. The molecular formula is C17H18ClN3O. The molecule has 5 heteroatoms. The molecule has 1 N–H and O–H groups in total. The molecule has 3 rings (SSSR count). The fourth-order valence-corrected chi connectivity index (χ4v) is 2.79. The van der Waals surface area contributed by atoms with Gasteiger partial charge in [0.25, 0.3) is 0 Å². The van der Waals surface area contributed by atoms with Gasteiger partial charge in [0.1, 0.15) is 11.6 Å². The minimum Gasteiger partial charge on any atom is -0.370 e. The van der Waals surface area contributed by atoms with Crippen LogP contribution in [0.3, 0.4) is 0 Å². The summed E-state index contributed by atoms with van der Waals surface area (Å²) in [5.74, 6) is 1.13. The number of aromatic nitrogens is 1. The van der Waals surface area contributed by atoms with Crippen LogP contribution in [-0.4, -0.2) is 23.9 Å². The minimum absolute atomic E-state index is 0.362.